The Labute approximate surface area is 122 Å². The highest BCUT2D eigenvalue weighted by Crippen LogP contribution is 2.54. The Hall–Kier alpha value is -1.55. The van der Waals surface area contributed by atoms with Crippen LogP contribution >= 0.6 is 11.6 Å². The Morgan fingerprint density at radius 3 is 2.60 bits per heavy atom. The van der Waals surface area contributed by atoms with Gasteiger partial charge in [0.05, 0.1) is 23.4 Å². The summed E-state index contributed by atoms with van der Waals surface area (Å²) in [5, 5.41) is 3.26. The molecular formula is C15H16ClNO3. The van der Waals surface area contributed by atoms with Crippen LogP contribution in [0.25, 0.3) is 0 Å². The first kappa shape index (κ1) is 13.4. The number of carbonyl (C=O) groups excluding carboxylic acids is 2. The summed E-state index contributed by atoms with van der Waals surface area (Å²) >= 11 is 6.07. The highest BCUT2D eigenvalue weighted by atomic mass is 35.5. The Morgan fingerprint density at radius 2 is 1.95 bits per heavy atom. The van der Waals surface area contributed by atoms with E-state index in [4.69, 9.17) is 11.6 Å². The van der Waals surface area contributed by atoms with Gasteiger partial charge < -0.3 is 10.1 Å². The van der Waals surface area contributed by atoms with Gasteiger partial charge in [-0.1, -0.05) is 11.6 Å². The Balaban J connectivity index is 1.72. The zero-order valence-corrected chi connectivity index (χ0v) is 11.9. The highest BCUT2D eigenvalue weighted by Gasteiger charge is 2.48. The van der Waals surface area contributed by atoms with E-state index in [0.29, 0.717) is 16.3 Å². The third-order valence-electron chi connectivity index (χ3n) is 4.26. The average Bonchev–Trinajstić information content (AvgIpc) is 3.06. The van der Waals surface area contributed by atoms with Crippen molar-refractivity contribution in [2.24, 2.45) is 17.8 Å². The number of halogens is 1. The van der Waals surface area contributed by atoms with Crippen LogP contribution in [0, 0.1) is 17.8 Å². The molecule has 0 heterocycles. The lowest BCUT2D eigenvalue weighted by atomic mass is 10.0. The van der Waals surface area contributed by atoms with E-state index in [0.717, 1.165) is 24.7 Å². The minimum atomic E-state index is -0.445. The molecule has 0 saturated heterocycles. The standard InChI is InChI=1S/C15H16ClNO3/c1-20-15(19)8-2-3-12(16)13(7-8)17-14(18)11-5-9-4-10(9)6-11/h2-3,7,9-11H,4-6H2,1H3,(H,17,18). The molecule has 0 aliphatic heterocycles. The lowest BCUT2D eigenvalue weighted by Crippen LogP contribution is -2.22. The van der Waals surface area contributed by atoms with Crippen LogP contribution in [0.3, 0.4) is 0 Å². The van der Waals surface area contributed by atoms with E-state index in [1.165, 1.54) is 13.5 Å². The smallest absolute Gasteiger partial charge is 0.337 e. The number of fused-ring (bicyclic) bond motifs is 1. The molecule has 2 atom stereocenters. The summed E-state index contributed by atoms with van der Waals surface area (Å²) in [4.78, 5) is 23.7. The van der Waals surface area contributed by atoms with Gasteiger partial charge >= 0.3 is 5.97 Å². The third kappa shape index (κ3) is 2.52. The van der Waals surface area contributed by atoms with Gasteiger partial charge in [0, 0.05) is 5.92 Å². The molecule has 5 heteroatoms. The number of rotatable bonds is 3. The monoisotopic (exact) mass is 293 g/mol. The van der Waals surface area contributed by atoms with E-state index in [1.54, 1.807) is 18.2 Å². The fraction of sp³-hybridized carbons (Fsp3) is 0.467. The molecule has 2 unspecified atom stereocenters. The van der Waals surface area contributed by atoms with Crippen LogP contribution in [0.1, 0.15) is 29.6 Å². The molecule has 0 spiro atoms. The number of nitrogens with one attached hydrogen (secondary N) is 1. The van der Waals surface area contributed by atoms with Crippen molar-refractivity contribution in [2.45, 2.75) is 19.3 Å². The quantitative estimate of drug-likeness (QED) is 0.871. The van der Waals surface area contributed by atoms with Crippen LogP contribution < -0.4 is 5.32 Å². The van der Waals surface area contributed by atoms with E-state index < -0.39 is 5.97 Å². The molecule has 0 radical (unpaired) electrons. The molecule has 0 bridgehead atoms. The van der Waals surface area contributed by atoms with Crippen LogP contribution in [0.15, 0.2) is 18.2 Å². The maximum absolute atomic E-state index is 12.2. The number of benzene rings is 1. The van der Waals surface area contributed by atoms with E-state index in [-0.39, 0.29) is 11.8 Å². The number of esters is 1. The van der Waals surface area contributed by atoms with Crippen LogP contribution in [0.2, 0.25) is 5.02 Å². The minimum Gasteiger partial charge on any atom is -0.465 e. The van der Waals surface area contributed by atoms with Crippen LogP contribution in [-0.4, -0.2) is 19.0 Å². The van der Waals surface area contributed by atoms with E-state index in [1.807, 2.05) is 0 Å². The fourth-order valence-corrected chi connectivity index (χ4v) is 3.19. The summed E-state index contributed by atoms with van der Waals surface area (Å²) in [6.45, 7) is 0. The van der Waals surface area contributed by atoms with E-state index in [9.17, 15) is 9.59 Å². The van der Waals surface area contributed by atoms with Crippen molar-refractivity contribution < 1.29 is 14.3 Å². The van der Waals surface area contributed by atoms with Gasteiger partial charge in [0.15, 0.2) is 0 Å². The molecule has 1 aromatic carbocycles. The van der Waals surface area contributed by atoms with Crippen LogP contribution in [0.5, 0.6) is 0 Å². The molecule has 1 aromatic rings. The lowest BCUT2D eigenvalue weighted by Gasteiger charge is -2.14. The minimum absolute atomic E-state index is 0.00103. The number of carbonyl (C=O) groups is 2. The fourth-order valence-electron chi connectivity index (χ4n) is 3.03. The first-order valence-electron chi connectivity index (χ1n) is 6.77. The number of hydrogen-bond donors (Lipinski definition) is 1. The van der Waals surface area contributed by atoms with Gasteiger partial charge in [0.25, 0.3) is 0 Å². The number of methoxy groups -OCH3 is 1. The topological polar surface area (TPSA) is 55.4 Å². The summed E-state index contributed by atoms with van der Waals surface area (Å²) in [7, 11) is 1.32. The third-order valence-corrected chi connectivity index (χ3v) is 4.59. The van der Waals surface area contributed by atoms with Crippen molar-refractivity contribution in [3.05, 3.63) is 28.8 Å². The molecule has 4 nitrogen and oxygen atoms in total. The summed E-state index contributed by atoms with van der Waals surface area (Å²) in [6.07, 6.45) is 3.23. The maximum atomic E-state index is 12.2. The second kappa shape index (κ2) is 5.09. The van der Waals surface area contributed by atoms with Crippen molar-refractivity contribution in [1.82, 2.24) is 0 Å². The Morgan fingerprint density at radius 1 is 1.25 bits per heavy atom. The number of hydrogen-bond acceptors (Lipinski definition) is 3. The summed E-state index contributed by atoms with van der Waals surface area (Å²) in [6, 6.07) is 4.73. The second-order valence-corrected chi connectivity index (χ2v) is 6.01. The van der Waals surface area contributed by atoms with Crippen molar-refractivity contribution in [3.63, 3.8) is 0 Å². The maximum Gasteiger partial charge on any atom is 0.337 e. The van der Waals surface area contributed by atoms with E-state index in [2.05, 4.69) is 10.1 Å². The molecule has 0 aromatic heterocycles. The van der Waals surface area contributed by atoms with Crippen LogP contribution in [0.4, 0.5) is 5.69 Å². The molecule has 2 aliphatic rings. The average molecular weight is 294 g/mol. The van der Waals surface area contributed by atoms with Gasteiger partial charge in [0.1, 0.15) is 0 Å². The van der Waals surface area contributed by atoms with Crippen molar-refractivity contribution in [1.29, 1.82) is 0 Å². The first-order valence-corrected chi connectivity index (χ1v) is 7.15. The summed E-state index contributed by atoms with van der Waals surface area (Å²) in [5.74, 6) is 1.14. The number of anilines is 1. The molecule has 20 heavy (non-hydrogen) atoms. The molecule has 2 fully saturated rings. The predicted octanol–water partition coefficient (Wildman–Crippen LogP) is 3.11. The Bertz CT molecular complexity index is 562. The summed E-state index contributed by atoms with van der Waals surface area (Å²) < 4.78 is 4.66. The SMILES string of the molecule is COC(=O)c1ccc(Cl)c(NC(=O)C2CC3CC3C2)c1. The zero-order valence-electron chi connectivity index (χ0n) is 11.2. The largest absolute Gasteiger partial charge is 0.465 e. The number of ether oxygens (including phenoxy) is 1. The zero-order chi connectivity index (χ0) is 14.3. The molecule has 1 amide bonds. The highest BCUT2D eigenvalue weighted by molar-refractivity contribution is 6.33. The summed E-state index contributed by atoms with van der Waals surface area (Å²) in [5.41, 5.74) is 0.849. The number of amides is 1. The van der Waals surface area contributed by atoms with Gasteiger partial charge in [-0.3, -0.25) is 4.79 Å². The van der Waals surface area contributed by atoms with Gasteiger partial charge in [-0.15, -0.1) is 0 Å². The molecule has 1 N–H and O–H groups in total. The molecular weight excluding hydrogens is 278 g/mol. The normalized spacial score (nSPS) is 26.8. The first-order chi connectivity index (χ1) is 9.58. The molecule has 2 saturated carbocycles. The van der Waals surface area contributed by atoms with Crippen molar-refractivity contribution in [3.8, 4) is 0 Å². The second-order valence-electron chi connectivity index (χ2n) is 5.60. The van der Waals surface area contributed by atoms with Gasteiger partial charge in [-0.25, -0.2) is 4.79 Å². The Kier molecular flexibility index (Phi) is 3.42. The predicted molar refractivity (Wildman–Crippen MR) is 75.7 cm³/mol. The van der Waals surface area contributed by atoms with Gasteiger partial charge in [-0.05, 0) is 49.3 Å². The molecule has 2 aliphatic carbocycles. The lowest BCUT2D eigenvalue weighted by molar-refractivity contribution is -0.120. The molecule has 3 rings (SSSR count). The molecule has 106 valence electrons. The van der Waals surface area contributed by atoms with Crippen molar-refractivity contribution >= 4 is 29.2 Å². The van der Waals surface area contributed by atoms with Crippen molar-refractivity contribution in [2.75, 3.05) is 12.4 Å². The van der Waals surface area contributed by atoms with Gasteiger partial charge in [0.2, 0.25) is 5.91 Å². The van der Waals surface area contributed by atoms with Gasteiger partial charge in [-0.2, -0.15) is 0 Å². The van der Waals surface area contributed by atoms with E-state index >= 15 is 0 Å². The van der Waals surface area contributed by atoms with Crippen LogP contribution in [-0.2, 0) is 9.53 Å².